The maximum Gasteiger partial charge on any atom is 0.0482 e. The number of aromatic nitrogens is 1. The van der Waals surface area contributed by atoms with Crippen LogP contribution in [0.1, 0.15) is 54.5 Å². The van der Waals surface area contributed by atoms with E-state index in [1.54, 1.807) is 10.4 Å². The van der Waals surface area contributed by atoms with Crippen LogP contribution in [0.5, 0.6) is 0 Å². The Kier molecular flexibility index (Phi) is 4.60. The lowest BCUT2D eigenvalue weighted by Gasteiger charge is -2.34. The summed E-state index contributed by atoms with van der Waals surface area (Å²) in [6, 6.07) is 14.1. The van der Waals surface area contributed by atoms with Crippen LogP contribution in [0.4, 0.5) is 0 Å². The van der Waals surface area contributed by atoms with Crippen molar-refractivity contribution < 1.29 is 0 Å². The highest BCUT2D eigenvalue weighted by atomic mass is 32.1. The quantitative estimate of drug-likeness (QED) is 0.564. The van der Waals surface area contributed by atoms with E-state index < -0.39 is 0 Å². The molecule has 0 radical (unpaired) electrons. The van der Waals surface area contributed by atoms with E-state index in [-0.39, 0.29) is 0 Å². The number of para-hydroxylation sites is 1. The molecule has 1 unspecified atom stereocenters. The highest BCUT2D eigenvalue weighted by Gasteiger charge is 2.24. The lowest BCUT2D eigenvalue weighted by atomic mass is 9.85. The third-order valence-corrected chi connectivity index (χ3v) is 7.55. The van der Waals surface area contributed by atoms with Gasteiger partial charge >= 0.3 is 0 Å². The maximum absolute atomic E-state index is 2.71. The molecule has 136 valence electrons. The van der Waals surface area contributed by atoms with Crippen LogP contribution in [0.25, 0.3) is 10.9 Å². The number of benzene rings is 1. The topological polar surface area (TPSA) is 8.17 Å². The van der Waals surface area contributed by atoms with Crippen LogP contribution < -0.4 is 0 Å². The molecule has 2 aliphatic rings. The molecule has 1 saturated heterocycles. The Morgan fingerprint density at radius 1 is 1.00 bits per heavy atom. The smallest absolute Gasteiger partial charge is 0.0482 e. The van der Waals surface area contributed by atoms with Crippen LogP contribution in [0.15, 0.2) is 48.0 Å². The van der Waals surface area contributed by atoms with Gasteiger partial charge in [0.1, 0.15) is 0 Å². The molecule has 5 rings (SSSR count). The maximum atomic E-state index is 2.71. The summed E-state index contributed by atoms with van der Waals surface area (Å²) in [5, 5.41) is 3.68. The van der Waals surface area contributed by atoms with Gasteiger partial charge in [0.15, 0.2) is 0 Å². The zero-order valence-electron chi connectivity index (χ0n) is 15.4. The fourth-order valence-corrected chi connectivity index (χ4v) is 6.08. The van der Waals surface area contributed by atoms with Gasteiger partial charge in [-0.2, -0.15) is 0 Å². The predicted molar refractivity (Wildman–Crippen MR) is 111 cm³/mol. The lowest BCUT2D eigenvalue weighted by Crippen LogP contribution is -2.35. The molecule has 1 aliphatic carbocycles. The van der Waals surface area contributed by atoms with Gasteiger partial charge in [0.05, 0.1) is 0 Å². The number of likely N-dealkylation sites (tertiary alicyclic amines) is 1. The van der Waals surface area contributed by atoms with Gasteiger partial charge in [-0.25, -0.2) is 0 Å². The van der Waals surface area contributed by atoms with Gasteiger partial charge < -0.3 is 9.47 Å². The van der Waals surface area contributed by atoms with Crippen molar-refractivity contribution in [1.29, 1.82) is 0 Å². The van der Waals surface area contributed by atoms with Gasteiger partial charge in [0.2, 0.25) is 0 Å². The van der Waals surface area contributed by atoms with Gasteiger partial charge in [-0.3, -0.25) is 0 Å². The lowest BCUT2D eigenvalue weighted by molar-refractivity contribution is 0.182. The van der Waals surface area contributed by atoms with Crippen molar-refractivity contribution in [3.63, 3.8) is 0 Å². The van der Waals surface area contributed by atoms with E-state index in [1.165, 1.54) is 69.1 Å². The second-order valence-corrected chi connectivity index (χ2v) is 9.03. The van der Waals surface area contributed by atoms with Gasteiger partial charge in [-0.1, -0.05) is 18.2 Å². The molecule has 3 aromatic rings. The molecule has 1 fully saturated rings. The van der Waals surface area contributed by atoms with Gasteiger partial charge in [-0.15, -0.1) is 11.3 Å². The number of piperidine rings is 1. The number of nitrogens with zero attached hydrogens (tertiary/aromatic N) is 2. The van der Waals surface area contributed by atoms with Crippen molar-refractivity contribution in [3.05, 3.63) is 58.4 Å². The standard InChI is InChI=1S/C23H28N2S/c1-2-6-22-19(4-1)9-16-25(22)20-10-14-24(15-11-20)13-8-18-5-3-7-23-21(18)12-17-26-23/h1-2,4,6,9,12,16-18,20H,3,5,7-8,10-11,13-15H2. The second kappa shape index (κ2) is 7.21. The first-order valence-corrected chi connectivity index (χ1v) is 11.1. The Labute approximate surface area is 160 Å². The monoisotopic (exact) mass is 364 g/mol. The predicted octanol–water partition coefficient (Wildman–Crippen LogP) is 5.85. The molecule has 3 heterocycles. The molecule has 0 N–H and O–H groups in total. The zero-order chi connectivity index (χ0) is 17.3. The van der Waals surface area contributed by atoms with E-state index in [4.69, 9.17) is 0 Å². The molecule has 1 aliphatic heterocycles. The molecule has 2 nitrogen and oxygen atoms in total. The minimum atomic E-state index is 0.671. The highest BCUT2D eigenvalue weighted by Crippen LogP contribution is 2.37. The second-order valence-electron chi connectivity index (χ2n) is 8.03. The van der Waals surface area contributed by atoms with Crippen molar-refractivity contribution in [2.45, 2.75) is 50.5 Å². The van der Waals surface area contributed by atoms with Crippen molar-refractivity contribution in [1.82, 2.24) is 9.47 Å². The Balaban J connectivity index is 1.18. The van der Waals surface area contributed by atoms with Crippen molar-refractivity contribution in [2.75, 3.05) is 19.6 Å². The van der Waals surface area contributed by atoms with Gasteiger partial charge in [0, 0.05) is 35.7 Å². The van der Waals surface area contributed by atoms with Gasteiger partial charge in [-0.05, 0) is 85.5 Å². The third kappa shape index (κ3) is 3.12. The Hall–Kier alpha value is -1.58. The van der Waals surface area contributed by atoms with Crippen LogP contribution >= 0.6 is 11.3 Å². The third-order valence-electron chi connectivity index (χ3n) is 6.55. The minimum Gasteiger partial charge on any atom is -0.344 e. The van der Waals surface area contributed by atoms with E-state index in [9.17, 15) is 0 Å². The van der Waals surface area contributed by atoms with E-state index in [0.29, 0.717) is 6.04 Å². The van der Waals surface area contributed by atoms with Crippen LogP contribution in [0, 0.1) is 0 Å². The normalized spacial score (nSPS) is 21.9. The van der Waals surface area contributed by atoms with Crippen molar-refractivity contribution in [3.8, 4) is 0 Å². The number of thiophene rings is 1. The van der Waals surface area contributed by atoms with E-state index in [0.717, 1.165) is 5.92 Å². The van der Waals surface area contributed by atoms with E-state index in [1.807, 2.05) is 11.3 Å². The molecule has 2 aromatic heterocycles. The average Bonchev–Trinajstić information content (AvgIpc) is 3.34. The number of aryl methyl sites for hydroxylation is 1. The fraction of sp³-hybridized carbons (Fsp3) is 0.478. The first kappa shape index (κ1) is 16.6. The summed E-state index contributed by atoms with van der Waals surface area (Å²) in [7, 11) is 0. The summed E-state index contributed by atoms with van der Waals surface area (Å²) in [4.78, 5) is 4.38. The van der Waals surface area contributed by atoms with Crippen LogP contribution in [-0.2, 0) is 6.42 Å². The Morgan fingerprint density at radius 3 is 2.81 bits per heavy atom. The summed E-state index contributed by atoms with van der Waals surface area (Å²) in [5.41, 5.74) is 3.08. The first-order chi connectivity index (χ1) is 12.9. The van der Waals surface area contributed by atoms with Crippen LogP contribution in [-0.4, -0.2) is 29.1 Å². The van der Waals surface area contributed by atoms with E-state index in [2.05, 4.69) is 57.4 Å². The largest absolute Gasteiger partial charge is 0.344 e. The summed E-state index contributed by atoms with van der Waals surface area (Å²) in [6.45, 7) is 3.78. The van der Waals surface area contributed by atoms with Crippen LogP contribution in [0.2, 0.25) is 0 Å². The Morgan fingerprint density at radius 2 is 1.88 bits per heavy atom. The molecule has 0 amide bonds. The highest BCUT2D eigenvalue weighted by molar-refractivity contribution is 7.10. The van der Waals surface area contributed by atoms with Crippen molar-refractivity contribution >= 4 is 22.2 Å². The molecule has 0 saturated carbocycles. The number of fused-ring (bicyclic) bond motifs is 2. The van der Waals surface area contributed by atoms with Gasteiger partial charge in [0.25, 0.3) is 0 Å². The number of rotatable bonds is 4. The molecule has 0 bridgehead atoms. The van der Waals surface area contributed by atoms with Crippen LogP contribution in [0.3, 0.4) is 0 Å². The zero-order valence-corrected chi connectivity index (χ0v) is 16.3. The minimum absolute atomic E-state index is 0.671. The molecular formula is C23H28N2S. The number of hydrogen-bond donors (Lipinski definition) is 0. The summed E-state index contributed by atoms with van der Waals surface area (Å²) in [5.74, 6) is 0.816. The van der Waals surface area contributed by atoms with E-state index >= 15 is 0 Å². The fourth-order valence-electron chi connectivity index (χ4n) is 5.06. The number of hydrogen-bond acceptors (Lipinski definition) is 2. The molecular weight excluding hydrogens is 336 g/mol. The molecule has 1 atom stereocenters. The molecule has 3 heteroatoms. The Bertz CT molecular complexity index is 869. The SMILES string of the molecule is c1ccc2c(c1)ccn2C1CCN(CCC2CCCc3sccc32)CC1. The van der Waals surface area contributed by atoms with Crippen molar-refractivity contribution in [2.24, 2.45) is 0 Å². The molecule has 1 aromatic carbocycles. The molecule has 26 heavy (non-hydrogen) atoms. The molecule has 0 spiro atoms. The summed E-state index contributed by atoms with van der Waals surface area (Å²) >= 11 is 1.97. The summed E-state index contributed by atoms with van der Waals surface area (Å²) < 4.78 is 2.52. The average molecular weight is 365 g/mol. The first-order valence-electron chi connectivity index (χ1n) is 10.2. The summed E-state index contributed by atoms with van der Waals surface area (Å²) in [6.07, 6.45) is 10.3.